The highest BCUT2D eigenvalue weighted by molar-refractivity contribution is 5.43. The lowest BCUT2D eigenvalue weighted by Gasteiger charge is -2.34. The summed E-state index contributed by atoms with van der Waals surface area (Å²) < 4.78 is 10.7. The number of nitrogens with zero attached hydrogens (tertiary/aromatic N) is 1. The van der Waals surface area contributed by atoms with Gasteiger partial charge in [0, 0.05) is 13.1 Å². The van der Waals surface area contributed by atoms with E-state index in [9.17, 15) is 5.11 Å². The fourth-order valence-electron chi connectivity index (χ4n) is 2.69. The number of morpholine rings is 1. The van der Waals surface area contributed by atoms with Gasteiger partial charge in [0.05, 0.1) is 33.0 Å². The van der Waals surface area contributed by atoms with E-state index in [2.05, 4.69) is 17.9 Å². The molecule has 1 saturated heterocycles. The molecule has 0 spiro atoms. The quantitative estimate of drug-likeness (QED) is 0.899. The monoisotopic (exact) mass is 265 g/mol. The van der Waals surface area contributed by atoms with Crippen molar-refractivity contribution in [3.05, 3.63) is 28.8 Å². The lowest BCUT2D eigenvalue weighted by Crippen LogP contribution is -2.40. The molecule has 0 bridgehead atoms. The van der Waals surface area contributed by atoms with Crippen molar-refractivity contribution in [2.45, 2.75) is 19.9 Å². The Kier molecular flexibility index (Phi) is 4.80. The fourth-order valence-corrected chi connectivity index (χ4v) is 2.69. The van der Waals surface area contributed by atoms with E-state index < -0.39 is 0 Å². The molecule has 1 heterocycles. The second-order valence-electron chi connectivity index (χ2n) is 5.03. The second-order valence-corrected chi connectivity index (χ2v) is 5.03. The Hall–Kier alpha value is -1.10. The maximum absolute atomic E-state index is 9.76. The van der Waals surface area contributed by atoms with Crippen molar-refractivity contribution in [3.63, 3.8) is 0 Å². The van der Waals surface area contributed by atoms with E-state index in [-0.39, 0.29) is 12.6 Å². The van der Waals surface area contributed by atoms with Gasteiger partial charge >= 0.3 is 0 Å². The summed E-state index contributed by atoms with van der Waals surface area (Å²) in [5.74, 6) is 0.903. The minimum atomic E-state index is 0.0495. The van der Waals surface area contributed by atoms with Crippen molar-refractivity contribution >= 4 is 0 Å². The van der Waals surface area contributed by atoms with E-state index in [1.54, 1.807) is 7.11 Å². The number of methoxy groups -OCH3 is 1. The van der Waals surface area contributed by atoms with Crippen LogP contribution in [0, 0.1) is 13.8 Å². The summed E-state index contributed by atoms with van der Waals surface area (Å²) in [5, 5.41) is 9.76. The van der Waals surface area contributed by atoms with Crippen LogP contribution in [0.15, 0.2) is 12.1 Å². The smallest absolute Gasteiger partial charge is 0.122 e. The molecule has 1 aromatic carbocycles. The summed E-state index contributed by atoms with van der Waals surface area (Å²) in [5.41, 5.74) is 3.45. The number of hydrogen-bond donors (Lipinski definition) is 1. The zero-order valence-corrected chi connectivity index (χ0v) is 12.0. The van der Waals surface area contributed by atoms with Gasteiger partial charge in [-0.15, -0.1) is 0 Å². The molecule has 1 aliphatic rings. The lowest BCUT2D eigenvalue weighted by molar-refractivity contribution is 0.00241. The average Bonchev–Trinajstić information content (AvgIpc) is 2.44. The molecule has 0 aliphatic carbocycles. The summed E-state index contributed by atoms with van der Waals surface area (Å²) in [6.07, 6.45) is 0. The minimum absolute atomic E-state index is 0.0495. The highest BCUT2D eigenvalue weighted by Crippen LogP contribution is 2.29. The molecule has 1 aromatic rings. The number of benzene rings is 1. The summed E-state index contributed by atoms with van der Waals surface area (Å²) in [6, 6.07) is 4.23. The molecule has 0 amide bonds. The summed E-state index contributed by atoms with van der Waals surface area (Å²) in [4.78, 5) is 2.29. The molecular weight excluding hydrogens is 242 g/mol. The zero-order chi connectivity index (χ0) is 13.8. The Morgan fingerprint density at radius 1 is 1.26 bits per heavy atom. The molecule has 0 saturated carbocycles. The van der Waals surface area contributed by atoms with Crippen molar-refractivity contribution in [2.75, 3.05) is 40.0 Å². The average molecular weight is 265 g/mol. The number of rotatable bonds is 4. The first-order valence-electron chi connectivity index (χ1n) is 6.75. The summed E-state index contributed by atoms with van der Waals surface area (Å²) >= 11 is 0. The molecule has 4 heteroatoms. The SMILES string of the molecule is COc1cc(C)c(C(CO)N2CCOCC2)cc1C. The largest absolute Gasteiger partial charge is 0.496 e. The highest BCUT2D eigenvalue weighted by atomic mass is 16.5. The third-order valence-electron chi connectivity index (χ3n) is 3.80. The number of aliphatic hydroxyl groups is 1. The molecule has 1 aliphatic heterocycles. The fraction of sp³-hybridized carbons (Fsp3) is 0.600. The molecule has 0 radical (unpaired) electrons. The highest BCUT2D eigenvalue weighted by Gasteiger charge is 2.23. The van der Waals surface area contributed by atoms with E-state index in [1.807, 2.05) is 13.0 Å². The Balaban J connectivity index is 2.29. The Bertz CT molecular complexity index is 428. The predicted octanol–water partition coefficient (Wildman–Crippen LogP) is 1.68. The van der Waals surface area contributed by atoms with Crippen LogP contribution in [0.5, 0.6) is 5.75 Å². The van der Waals surface area contributed by atoms with Gasteiger partial charge in [0.25, 0.3) is 0 Å². The minimum Gasteiger partial charge on any atom is -0.496 e. The Morgan fingerprint density at radius 3 is 2.53 bits per heavy atom. The maximum Gasteiger partial charge on any atom is 0.122 e. The molecule has 106 valence electrons. The molecular formula is C15H23NO3. The molecule has 1 unspecified atom stereocenters. The van der Waals surface area contributed by atoms with Crippen molar-refractivity contribution in [1.29, 1.82) is 0 Å². The third kappa shape index (κ3) is 3.08. The van der Waals surface area contributed by atoms with Crippen molar-refractivity contribution in [3.8, 4) is 5.75 Å². The molecule has 0 aromatic heterocycles. The standard InChI is InChI=1S/C15H23NO3/c1-11-9-15(18-3)12(2)8-13(11)14(10-17)16-4-6-19-7-5-16/h8-9,14,17H,4-7,10H2,1-3H3. The van der Waals surface area contributed by atoms with Crippen molar-refractivity contribution < 1.29 is 14.6 Å². The zero-order valence-electron chi connectivity index (χ0n) is 12.0. The lowest BCUT2D eigenvalue weighted by atomic mass is 9.97. The number of ether oxygens (including phenoxy) is 2. The molecule has 1 N–H and O–H groups in total. The third-order valence-corrected chi connectivity index (χ3v) is 3.80. The van der Waals surface area contributed by atoms with Crippen LogP contribution in [0.4, 0.5) is 0 Å². The van der Waals surface area contributed by atoms with E-state index in [0.717, 1.165) is 43.2 Å². The van der Waals surface area contributed by atoms with Gasteiger partial charge in [0.1, 0.15) is 5.75 Å². The molecule has 2 rings (SSSR count). The molecule has 19 heavy (non-hydrogen) atoms. The first-order valence-corrected chi connectivity index (χ1v) is 6.75. The van der Waals surface area contributed by atoms with Gasteiger partial charge in [-0.25, -0.2) is 0 Å². The van der Waals surface area contributed by atoms with E-state index in [1.165, 1.54) is 5.56 Å². The first kappa shape index (κ1) is 14.3. The summed E-state index contributed by atoms with van der Waals surface area (Å²) in [7, 11) is 1.69. The van der Waals surface area contributed by atoms with Gasteiger partial charge < -0.3 is 14.6 Å². The van der Waals surface area contributed by atoms with Gasteiger partial charge in [-0.1, -0.05) is 6.07 Å². The van der Waals surface area contributed by atoms with Gasteiger partial charge in [-0.3, -0.25) is 4.90 Å². The van der Waals surface area contributed by atoms with Crippen LogP contribution in [-0.2, 0) is 4.74 Å². The maximum atomic E-state index is 9.76. The topological polar surface area (TPSA) is 41.9 Å². The van der Waals surface area contributed by atoms with Crippen LogP contribution < -0.4 is 4.74 Å². The van der Waals surface area contributed by atoms with Gasteiger partial charge in [0.15, 0.2) is 0 Å². The first-order chi connectivity index (χ1) is 9.17. The van der Waals surface area contributed by atoms with Crippen LogP contribution >= 0.6 is 0 Å². The second kappa shape index (κ2) is 6.37. The van der Waals surface area contributed by atoms with Gasteiger partial charge in [-0.2, -0.15) is 0 Å². The van der Waals surface area contributed by atoms with Crippen LogP contribution in [0.3, 0.4) is 0 Å². The molecule has 1 fully saturated rings. The van der Waals surface area contributed by atoms with E-state index >= 15 is 0 Å². The Labute approximate surface area is 114 Å². The van der Waals surface area contributed by atoms with Crippen LogP contribution in [0.25, 0.3) is 0 Å². The van der Waals surface area contributed by atoms with E-state index in [4.69, 9.17) is 9.47 Å². The Morgan fingerprint density at radius 2 is 1.95 bits per heavy atom. The molecule has 1 atom stereocenters. The van der Waals surface area contributed by atoms with Crippen LogP contribution in [0.1, 0.15) is 22.7 Å². The van der Waals surface area contributed by atoms with Gasteiger partial charge in [-0.05, 0) is 36.6 Å². The van der Waals surface area contributed by atoms with Crippen molar-refractivity contribution in [2.24, 2.45) is 0 Å². The summed E-state index contributed by atoms with van der Waals surface area (Å²) in [6.45, 7) is 7.46. The normalized spacial score (nSPS) is 18.3. The van der Waals surface area contributed by atoms with E-state index in [0.29, 0.717) is 0 Å². The van der Waals surface area contributed by atoms with Crippen molar-refractivity contribution in [1.82, 2.24) is 4.90 Å². The predicted molar refractivity (Wildman–Crippen MR) is 74.7 cm³/mol. The van der Waals surface area contributed by atoms with Gasteiger partial charge in [0.2, 0.25) is 0 Å². The number of aliphatic hydroxyl groups excluding tert-OH is 1. The molecule has 4 nitrogen and oxygen atoms in total. The number of aryl methyl sites for hydroxylation is 2. The number of hydrogen-bond acceptors (Lipinski definition) is 4. The van der Waals surface area contributed by atoms with Crippen LogP contribution in [0.2, 0.25) is 0 Å². The van der Waals surface area contributed by atoms with Crippen LogP contribution in [-0.4, -0.2) is 50.0 Å².